The molecule has 10 heteroatoms. The number of sulfonamides is 1. The molecule has 0 saturated carbocycles. The van der Waals surface area contributed by atoms with E-state index in [2.05, 4.69) is 27.9 Å². The van der Waals surface area contributed by atoms with E-state index >= 15 is 0 Å². The number of carbonyl (C=O) groups excluding carboxylic acids is 2. The summed E-state index contributed by atoms with van der Waals surface area (Å²) in [5.74, 6) is -0.823. The highest BCUT2D eigenvalue weighted by molar-refractivity contribution is 14.1. The number of hydrogen-bond donors (Lipinski definition) is 1. The molecule has 0 aliphatic rings. The van der Waals surface area contributed by atoms with Gasteiger partial charge in [0, 0.05) is 21.2 Å². The molecule has 0 spiro atoms. The topological polar surface area (TPSA) is 86.8 Å². The third-order valence-electron chi connectivity index (χ3n) is 5.26. The van der Waals surface area contributed by atoms with E-state index in [-0.39, 0.29) is 18.5 Å². The Kier molecular flexibility index (Phi) is 9.99. The molecule has 7 nitrogen and oxygen atoms in total. The Morgan fingerprint density at radius 1 is 1.09 bits per heavy atom. The minimum atomic E-state index is -3.75. The van der Waals surface area contributed by atoms with Crippen LogP contribution < -0.4 is 9.62 Å². The minimum absolute atomic E-state index is 0.0588. The summed E-state index contributed by atoms with van der Waals surface area (Å²) < 4.78 is 27.0. The van der Waals surface area contributed by atoms with Crippen molar-refractivity contribution >= 4 is 61.7 Å². The van der Waals surface area contributed by atoms with Gasteiger partial charge in [0.15, 0.2) is 0 Å². The van der Waals surface area contributed by atoms with Gasteiger partial charge in [-0.25, -0.2) is 8.42 Å². The number of hydrogen-bond acceptors (Lipinski definition) is 4. The van der Waals surface area contributed by atoms with Crippen molar-refractivity contribution in [1.29, 1.82) is 0 Å². The summed E-state index contributed by atoms with van der Waals surface area (Å²) in [6.45, 7) is 5.09. The van der Waals surface area contributed by atoms with E-state index in [9.17, 15) is 18.0 Å². The number of nitrogens with zero attached hydrogens (tertiary/aromatic N) is 2. The van der Waals surface area contributed by atoms with Crippen molar-refractivity contribution in [2.45, 2.75) is 45.8 Å². The first-order valence-electron chi connectivity index (χ1n) is 10.5. The van der Waals surface area contributed by atoms with Gasteiger partial charge in [0.2, 0.25) is 21.8 Å². The second-order valence-corrected chi connectivity index (χ2v) is 11.4. The Labute approximate surface area is 214 Å². The fraction of sp³-hybridized carbons (Fsp3) is 0.391. The summed E-state index contributed by atoms with van der Waals surface area (Å²) in [6, 6.07) is 13.0. The zero-order chi connectivity index (χ0) is 24.8. The Morgan fingerprint density at radius 3 is 2.24 bits per heavy atom. The third-order valence-corrected chi connectivity index (χ3v) is 7.49. The number of carbonyl (C=O) groups is 2. The normalized spacial score (nSPS) is 13.2. The first-order chi connectivity index (χ1) is 15.4. The average molecular weight is 606 g/mol. The van der Waals surface area contributed by atoms with Crippen molar-refractivity contribution in [3.05, 3.63) is 62.7 Å². The smallest absolute Gasteiger partial charge is 0.244 e. The molecule has 2 aromatic rings. The quantitative estimate of drug-likeness (QED) is 0.414. The molecule has 2 aromatic carbocycles. The summed E-state index contributed by atoms with van der Waals surface area (Å²) >= 11 is 8.43. The van der Waals surface area contributed by atoms with Gasteiger partial charge in [-0.2, -0.15) is 0 Å². The molecule has 0 heterocycles. The lowest BCUT2D eigenvalue weighted by molar-refractivity contribution is -0.139. The van der Waals surface area contributed by atoms with Crippen LogP contribution in [0.4, 0.5) is 5.69 Å². The Balaban J connectivity index is 2.39. The monoisotopic (exact) mass is 605 g/mol. The van der Waals surface area contributed by atoms with E-state index in [4.69, 9.17) is 11.6 Å². The molecule has 0 radical (unpaired) electrons. The highest BCUT2D eigenvalue weighted by Crippen LogP contribution is 2.22. The molecular weight excluding hydrogens is 577 g/mol. The minimum Gasteiger partial charge on any atom is -0.352 e. The Hall–Kier alpha value is -1.85. The van der Waals surface area contributed by atoms with E-state index in [1.807, 2.05) is 13.8 Å². The standard InChI is InChI=1S/C23H29ClIN3O4S/c1-5-16(2)26-23(30)17(3)27(14-18-8-6-7-9-21(18)24)22(29)15-28(33(4,31)32)20-12-10-19(25)11-13-20/h6-13,16-17H,5,14-15H2,1-4H3,(H,26,30)/t16-,17+/m1/s1. The molecule has 0 aliphatic heterocycles. The number of halogens is 2. The largest absolute Gasteiger partial charge is 0.352 e. The highest BCUT2D eigenvalue weighted by Gasteiger charge is 2.30. The predicted molar refractivity (Wildman–Crippen MR) is 141 cm³/mol. The van der Waals surface area contributed by atoms with Gasteiger partial charge in [-0.15, -0.1) is 0 Å². The maximum Gasteiger partial charge on any atom is 0.244 e. The molecule has 1 N–H and O–H groups in total. The summed E-state index contributed by atoms with van der Waals surface area (Å²) in [5, 5.41) is 3.35. The average Bonchev–Trinajstić information content (AvgIpc) is 2.76. The fourth-order valence-electron chi connectivity index (χ4n) is 3.08. The van der Waals surface area contributed by atoms with Gasteiger partial charge < -0.3 is 10.2 Å². The molecule has 33 heavy (non-hydrogen) atoms. The van der Waals surface area contributed by atoms with Crippen molar-refractivity contribution in [3.8, 4) is 0 Å². The summed E-state index contributed by atoms with van der Waals surface area (Å²) in [6.07, 6.45) is 1.79. The van der Waals surface area contributed by atoms with Crippen molar-refractivity contribution in [2.75, 3.05) is 17.1 Å². The zero-order valence-electron chi connectivity index (χ0n) is 19.1. The van der Waals surface area contributed by atoms with E-state index < -0.39 is 28.5 Å². The first-order valence-corrected chi connectivity index (χ1v) is 13.8. The maximum absolute atomic E-state index is 13.5. The number of benzene rings is 2. The molecule has 2 atom stereocenters. The Morgan fingerprint density at radius 2 is 1.70 bits per heavy atom. The van der Waals surface area contributed by atoms with Crippen LogP contribution in [0, 0.1) is 3.57 Å². The molecule has 0 fully saturated rings. The van der Waals surface area contributed by atoms with Crippen LogP contribution in [0.5, 0.6) is 0 Å². The van der Waals surface area contributed by atoms with Crippen LogP contribution in [0.15, 0.2) is 48.5 Å². The lowest BCUT2D eigenvalue weighted by Gasteiger charge is -2.32. The van der Waals surface area contributed by atoms with Crippen LogP contribution in [0.1, 0.15) is 32.8 Å². The molecule has 0 bridgehead atoms. The van der Waals surface area contributed by atoms with Crippen molar-refractivity contribution < 1.29 is 18.0 Å². The lowest BCUT2D eigenvalue weighted by Crippen LogP contribution is -2.52. The van der Waals surface area contributed by atoms with E-state index in [1.165, 1.54) is 4.90 Å². The molecule has 0 unspecified atom stereocenters. The lowest BCUT2D eigenvalue weighted by atomic mass is 10.1. The number of nitrogens with one attached hydrogen (secondary N) is 1. The van der Waals surface area contributed by atoms with Crippen LogP contribution >= 0.6 is 34.2 Å². The molecular formula is C23H29ClIN3O4S. The maximum atomic E-state index is 13.5. The van der Waals surface area contributed by atoms with Crippen molar-refractivity contribution in [1.82, 2.24) is 10.2 Å². The molecule has 2 amide bonds. The van der Waals surface area contributed by atoms with Crippen LogP contribution in [0.2, 0.25) is 5.02 Å². The van der Waals surface area contributed by atoms with Gasteiger partial charge >= 0.3 is 0 Å². The SMILES string of the molecule is CC[C@@H](C)NC(=O)[C@H](C)N(Cc1ccccc1Cl)C(=O)CN(c1ccc(I)cc1)S(C)(=O)=O. The molecule has 0 saturated heterocycles. The second-order valence-electron chi connectivity index (χ2n) is 7.85. The highest BCUT2D eigenvalue weighted by atomic mass is 127. The van der Waals surface area contributed by atoms with E-state index in [0.29, 0.717) is 16.3 Å². The van der Waals surface area contributed by atoms with Crippen LogP contribution in [0.3, 0.4) is 0 Å². The second kappa shape index (κ2) is 12.0. The van der Waals surface area contributed by atoms with E-state index in [0.717, 1.165) is 20.6 Å². The number of rotatable bonds is 10. The first kappa shape index (κ1) is 27.4. The third kappa shape index (κ3) is 7.86. The van der Waals surface area contributed by atoms with E-state index in [1.54, 1.807) is 55.5 Å². The van der Waals surface area contributed by atoms with Crippen molar-refractivity contribution in [3.63, 3.8) is 0 Å². The van der Waals surface area contributed by atoms with Gasteiger partial charge in [-0.05, 0) is 78.8 Å². The van der Waals surface area contributed by atoms with Crippen LogP contribution in [-0.2, 0) is 26.2 Å². The van der Waals surface area contributed by atoms with Crippen LogP contribution in [0.25, 0.3) is 0 Å². The Bertz CT molecular complexity index is 1080. The van der Waals surface area contributed by atoms with Gasteiger partial charge in [-0.3, -0.25) is 13.9 Å². The summed E-state index contributed by atoms with van der Waals surface area (Å²) in [7, 11) is -3.75. The molecule has 0 aliphatic carbocycles. The number of amides is 2. The molecule has 2 rings (SSSR count). The van der Waals surface area contributed by atoms with Crippen molar-refractivity contribution in [2.24, 2.45) is 0 Å². The van der Waals surface area contributed by atoms with Gasteiger partial charge in [0.1, 0.15) is 12.6 Å². The number of anilines is 1. The zero-order valence-corrected chi connectivity index (χ0v) is 22.8. The fourth-order valence-corrected chi connectivity index (χ4v) is 4.48. The molecule has 0 aromatic heterocycles. The predicted octanol–water partition coefficient (Wildman–Crippen LogP) is 4.04. The van der Waals surface area contributed by atoms with Gasteiger partial charge in [0.25, 0.3) is 0 Å². The summed E-state index contributed by atoms with van der Waals surface area (Å²) in [4.78, 5) is 27.7. The van der Waals surface area contributed by atoms with Gasteiger partial charge in [0.05, 0.1) is 11.9 Å². The molecule has 180 valence electrons. The van der Waals surface area contributed by atoms with Gasteiger partial charge in [-0.1, -0.05) is 36.7 Å². The van der Waals surface area contributed by atoms with Crippen LogP contribution in [-0.4, -0.2) is 50.0 Å². The summed E-state index contributed by atoms with van der Waals surface area (Å²) in [5.41, 5.74) is 1.04.